The van der Waals surface area contributed by atoms with Crippen LogP contribution in [0, 0.1) is 13.8 Å². The fourth-order valence-electron chi connectivity index (χ4n) is 5.19. The lowest BCUT2D eigenvalue weighted by molar-refractivity contribution is -0.534. The molecule has 0 unspecified atom stereocenters. The molecule has 0 N–H and O–H groups in total. The quantitative estimate of drug-likeness (QED) is 0.369. The summed E-state index contributed by atoms with van der Waals surface area (Å²) in [5.74, 6) is -0.332. The van der Waals surface area contributed by atoms with Gasteiger partial charge in [-0.05, 0) is 49.4 Å². The van der Waals surface area contributed by atoms with Gasteiger partial charge in [0, 0.05) is 17.7 Å². The van der Waals surface area contributed by atoms with E-state index in [4.69, 9.17) is 0 Å². The van der Waals surface area contributed by atoms with Gasteiger partial charge < -0.3 is 4.55 Å². The van der Waals surface area contributed by atoms with Crippen LogP contribution in [0.3, 0.4) is 0 Å². The van der Waals surface area contributed by atoms with Crippen molar-refractivity contribution >= 4 is 16.3 Å². The van der Waals surface area contributed by atoms with Crippen molar-refractivity contribution in [3.63, 3.8) is 0 Å². The van der Waals surface area contributed by atoms with E-state index in [2.05, 4.69) is 91.4 Å². The lowest BCUT2D eigenvalue weighted by Gasteiger charge is -2.36. The third-order valence-electron chi connectivity index (χ3n) is 6.45. The predicted molar refractivity (Wildman–Crippen MR) is 132 cm³/mol. The van der Waals surface area contributed by atoms with Crippen molar-refractivity contribution in [1.29, 1.82) is 0 Å². The number of benzene rings is 3. The van der Waals surface area contributed by atoms with E-state index in [0.717, 1.165) is 24.9 Å². The Bertz CT molecular complexity index is 1230. The van der Waals surface area contributed by atoms with Crippen molar-refractivity contribution < 1.29 is 17.5 Å². The van der Waals surface area contributed by atoms with Crippen LogP contribution in [0.4, 0.5) is 0 Å². The summed E-state index contributed by atoms with van der Waals surface area (Å²) in [6.45, 7) is 5.55. The lowest BCUT2D eigenvalue weighted by Crippen LogP contribution is -2.45. The highest BCUT2D eigenvalue weighted by Gasteiger charge is 2.41. The standard InChI is InChI=1S/C28H31NO3S/c1-22-8-5-10-24(16-22)18-28(19-25-11-6-9-23(2)17-25)21-29(14-7-15-33(30,31)32)20-26-12-3-4-13-27(26)28/h3-6,8-13,16-17,20H,7,14-15,18-19,21H2,1-2H3. The van der Waals surface area contributed by atoms with Crippen LogP contribution in [-0.4, -0.2) is 42.6 Å². The topological polar surface area (TPSA) is 60.2 Å². The lowest BCUT2D eigenvalue weighted by atomic mass is 9.68. The van der Waals surface area contributed by atoms with Crippen LogP contribution in [0.25, 0.3) is 0 Å². The van der Waals surface area contributed by atoms with E-state index in [0.29, 0.717) is 13.0 Å². The third kappa shape index (κ3) is 5.98. The van der Waals surface area contributed by atoms with Crippen LogP contribution in [0.15, 0.2) is 72.8 Å². The number of nitrogens with zero attached hydrogens (tertiary/aromatic N) is 1. The molecule has 0 spiro atoms. The summed E-state index contributed by atoms with van der Waals surface area (Å²) in [4.78, 5) is 0. The van der Waals surface area contributed by atoms with E-state index < -0.39 is 10.1 Å². The maximum Gasteiger partial charge on any atom is 0.171 e. The molecule has 5 heteroatoms. The molecule has 0 saturated carbocycles. The zero-order chi connectivity index (χ0) is 23.5. The molecular formula is C28H31NO3S. The second kappa shape index (κ2) is 9.62. The molecule has 0 amide bonds. The molecule has 3 aromatic carbocycles. The Labute approximate surface area is 197 Å². The average molecular weight is 462 g/mol. The first-order chi connectivity index (χ1) is 15.7. The van der Waals surface area contributed by atoms with Crippen molar-refractivity contribution in [2.45, 2.75) is 38.5 Å². The zero-order valence-corrected chi connectivity index (χ0v) is 20.1. The third-order valence-corrected chi connectivity index (χ3v) is 7.24. The minimum atomic E-state index is -4.21. The smallest absolute Gasteiger partial charge is 0.171 e. The van der Waals surface area contributed by atoms with Crippen molar-refractivity contribution in [1.82, 2.24) is 0 Å². The van der Waals surface area contributed by atoms with Gasteiger partial charge in [0.15, 0.2) is 12.8 Å². The van der Waals surface area contributed by atoms with Crippen LogP contribution in [0.2, 0.25) is 0 Å². The first kappa shape index (κ1) is 23.4. The highest BCUT2D eigenvalue weighted by Crippen LogP contribution is 2.37. The predicted octanol–water partition coefficient (Wildman–Crippen LogP) is 4.41. The second-order valence-corrected chi connectivity index (χ2v) is 10.9. The highest BCUT2D eigenvalue weighted by molar-refractivity contribution is 7.85. The molecule has 1 aliphatic heterocycles. The Kier molecular flexibility index (Phi) is 6.82. The zero-order valence-electron chi connectivity index (χ0n) is 19.3. The number of hydrogen-bond donors (Lipinski definition) is 0. The van der Waals surface area contributed by atoms with E-state index in [1.807, 2.05) is 6.07 Å². The summed E-state index contributed by atoms with van der Waals surface area (Å²) in [6.07, 6.45) is 4.21. The maximum absolute atomic E-state index is 11.2. The summed E-state index contributed by atoms with van der Waals surface area (Å²) < 4.78 is 35.7. The minimum Gasteiger partial charge on any atom is -0.748 e. The number of rotatable bonds is 8. The van der Waals surface area contributed by atoms with Gasteiger partial charge in [-0.2, -0.15) is 0 Å². The van der Waals surface area contributed by atoms with Crippen LogP contribution in [0.5, 0.6) is 0 Å². The van der Waals surface area contributed by atoms with Gasteiger partial charge >= 0.3 is 0 Å². The molecular weight excluding hydrogens is 430 g/mol. The molecule has 0 radical (unpaired) electrons. The molecule has 4 nitrogen and oxygen atoms in total. The van der Waals surface area contributed by atoms with Crippen LogP contribution in [-0.2, 0) is 28.4 Å². The normalized spacial score (nSPS) is 15.1. The molecule has 1 heterocycles. The molecule has 0 fully saturated rings. The second-order valence-electron chi connectivity index (χ2n) is 9.41. The fourth-order valence-corrected chi connectivity index (χ4v) is 5.67. The molecule has 33 heavy (non-hydrogen) atoms. The van der Waals surface area contributed by atoms with Crippen LogP contribution >= 0.6 is 0 Å². The molecule has 172 valence electrons. The van der Waals surface area contributed by atoms with Gasteiger partial charge in [-0.25, -0.2) is 13.0 Å². The maximum atomic E-state index is 11.2. The first-order valence-corrected chi connectivity index (χ1v) is 13.0. The van der Waals surface area contributed by atoms with Crippen molar-refractivity contribution in [2.24, 2.45) is 0 Å². The Hall–Kier alpha value is -2.76. The molecule has 0 atom stereocenters. The Balaban J connectivity index is 1.76. The summed E-state index contributed by atoms with van der Waals surface area (Å²) in [7, 11) is -4.21. The van der Waals surface area contributed by atoms with E-state index in [1.54, 1.807) is 0 Å². The fraction of sp³-hybridized carbons (Fsp3) is 0.321. The van der Waals surface area contributed by atoms with E-state index in [1.165, 1.54) is 27.8 Å². The number of fused-ring (bicyclic) bond motifs is 1. The number of aryl methyl sites for hydroxylation is 2. The monoisotopic (exact) mass is 461 g/mol. The van der Waals surface area contributed by atoms with Gasteiger partial charge in [-0.15, -0.1) is 0 Å². The van der Waals surface area contributed by atoms with Crippen molar-refractivity contribution in [2.75, 3.05) is 18.8 Å². The molecule has 1 aliphatic rings. The first-order valence-electron chi connectivity index (χ1n) is 11.5. The summed E-state index contributed by atoms with van der Waals surface area (Å²) >= 11 is 0. The Morgan fingerprint density at radius 3 is 2.06 bits per heavy atom. The Morgan fingerprint density at radius 2 is 1.48 bits per heavy atom. The molecule has 3 aromatic rings. The van der Waals surface area contributed by atoms with Gasteiger partial charge in [-0.3, -0.25) is 0 Å². The molecule has 4 rings (SSSR count). The van der Waals surface area contributed by atoms with Crippen LogP contribution in [0.1, 0.15) is 39.8 Å². The Morgan fingerprint density at radius 1 is 0.879 bits per heavy atom. The van der Waals surface area contributed by atoms with Crippen molar-refractivity contribution in [3.8, 4) is 0 Å². The van der Waals surface area contributed by atoms with Gasteiger partial charge in [0.05, 0.1) is 15.5 Å². The van der Waals surface area contributed by atoms with Gasteiger partial charge in [0.25, 0.3) is 0 Å². The molecule has 0 aliphatic carbocycles. The van der Waals surface area contributed by atoms with E-state index in [9.17, 15) is 13.0 Å². The van der Waals surface area contributed by atoms with Crippen molar-refractivity contribution in [3.05, 3.63) is 106 Å². The largest absolute Gasteiger partial charge is 0.748 e. The molecule has 0 saturated heterocycles. The summed E-state index contributed by atoms with van der Waals surface area (Å²) in [6, 6.07) is 25.9. The average Bonchev–Trinajstić information content (AvgIpc) is 2.73. The van der Waals surface area contributed by atoms with Gasteiger partial charge in [-0.1, -0.05) is 77.9 Å². The SMILES string of the molecule is Cc1cccc(CC2(Cc3cccc(C)c3)C[N+](CCCS(=O)(=O)[O-])=Cc3ccccc32)c1. The number of hydrogen-bond acceptors (Lipinski definition) is 3. The van der Waals surface area contributed by atoms with E-state index >= 15 is 0 Å². The highest BCUT2D eigenvalue weighted by atomic mass is 32.2. The summed E-state index contributed by atoms with van der Waals surface area (Å²) in [5.41, 5.74) is 7.37. The molecule has 0 bridgehead atoms. The van der Waals surface area contributed by atoms with Gasteiger partial charge in [0.1, 0.15) is 6.54 Å². The minimum absolute atomic E-state index is 0.177. The van der Waals surface area contributed by atoms with E-state index in [-0.39, 0.29) is 11.2 Å². The summed E-state index contributed by atoms with van der Waals surface area (Å²) in [5, 5.41) is 0. The van der Waals surface area contributed by atoms with Gasteiger partial charge in [0.2, 0.25) is 0 Å². The van der Waals surface area contributed by atoms with Crippen LogP contribution < -0.4 is 0 Å². The molecule has 0 aromatic heterocycles.